The fraction of sp³-hybridized carbons (Fsp3) is 0.253. The van der Waals surface area contributed by atoms with E-state index < -0.39 is 48.5 Å². The van der Waals surface area contributed by atoms with Crippen molar-refractivity contribution in [2.24, 2.45) is 0 Å². The minimum absolute atomic E-state index is 0.0287. The number of furan rings is 1. The summed E-state index contributed by atoms with van der Waals surface area (Å²) in [5, 5.41) is 41.5. The number of nitro groups is 3. The zero-order chi connectivity index (χ0) is 74.3. The Morgan fingerprint density at radius 1 is 0.467 bits per heavy atom. The molecule has 0 radical (unpaired) electrons. The second-order valence-electron chi connectivity index (χ2n) is 25.5. The highest BCUT2D eigenvalue weighted by Gasteiger charge is 2.37. The predicted molar refractivity (Wildman–Crippen MR) is 408 cm³/mol. The van der Waals surface area contributed by atoms with Crippen LogP contribution in [0.1, 0.15) is 47.3 Å². The van der Waals surface area contributed by atoms with Gasteiger partial charge in [-0.15, -0.1) is 11.3 Å². The lowest BCUT2D eigenvalue weighted by Gasteiger charge is -2.36. The normalized spacial score (nSPS) is 13.9. The van der Waals surface area contributed by atoms with E-state index in [1.807, 2.05) is 121 Å². The van der Waals surface area contributed by atoms with Crippen LogP contribution >= 0.6 is 46.1 Å². The summed E-state index contributed by atoms with van der Waals surface area (Å²) in [6.45, 7) is 7.56. The number of likely N-dealkylation sites (N-methyl/N-ethyl adjacent to an activating group) is 1. The standard InChI is InChI=1S/C27H22Cl2N4O4.C25H21ClN4O5.C23H27N5O4S/c28-20-8-6-19(7-9-20)26(34)31-14-12-30(13-15-31)24-22-16-21(29)10-11-23(22)32(27(35)25(24)33(36)37)17-18-4-2-1-3-5-18;26-18-8-9-20-19(15-18)22(27-10-12-28(13-11-27)24(31)21-7-4-14-35-21)23(30(33)34)25(32)29(20)16-17-5-2-1-3-6-17;1-16-6-7-18-17(15-16)20(21(28(31)32)23(30)27(18)13-8-24(2)3)25-9-11-26(12-10-25)22(29)19-5-4-14-33-19/h1-11,16H,12-15,17H2;1-9,14-15H,10-13,16H2;4-7,14-15H,8-13H2,1-3H3. The number of thiophene rings is 1. The molecular weight excluding hydrogens is 1430 g/mol. The molecule has 5 aromatic heterocycles. The van der Waals surface area contributed by atoms with Gasteiger partial charge in [0.15, 0.2) is 5.76 Å². The predicted octanol–water partition coefficient (Wildman–Crippen LogP) is 12.2. The summed E-state index contributed by atoms with van der Waals surface area (Å²) in [6, 6.07) is 47.9. The van der Waals surface area contributed by atoms with Gasteiger partial charge in [0.2, 0.25) is 0 Å². The molecular formula is C75H70Cl3N13O13S. The number of benzene rings is 6. The zero-order valence-electron chi connectivity index (χ0n) is 57.2. The van der Waals surface area contributed by atoms with Crippen molar-refractivity contribution in [3.8, 4) is 0 Å². The third-order valence-corrected chi connectivity index (χ3v) is 20.2. The van der Waals surface area contributed by atoms with Crippen molar-refractivity contribution in [3.63, 3.8) is 0 Å². The van der Waals surface area contributed by atoms with Gasteiger partial charge in [-0.25, -0.2) is 0 Å². The van der Waals surface area contributed by atoms with E-state index in [1.54, 1.807) is 103 Å². The molecule has 3 saturated heterocycles. The van der Waals surface area contributed by atoms with Crippen LogP contribution in [0.3, 0.4) is 0 Å². The Labute approximate surface area is 619 Å². The van der Waals surface area contributed by atoms with Crippen LogP contribution in [0, 0.1) is 37.3 Å². The summed E-state index contributed by atoms with van der Waals surface area (Å²) in [5.41, 5.74) is 2.43. The number of rotatable bonds is 16. The summed E-state index contributed by atoms with van der Waals surface area (Å²) in [7, 11) is 3.80. The number of hydrogen-bond donors (Lipinski definition) is 0. The maximum Gasteiger partial charge on any atom is 0.357 e. The monoisotopic (exact) mass is 1500 g/mol. The van der Waals surface area contributed by atoms with Gasteiger partial charge in [0.1, 0.15) is 17.1 Å². The van der Waals surface area contributed by atoms with Gasteiger partial charge in [0, 0.05) is 128 Å². The SMILES string of the molecule is Cc1ccc2c(c1)c(N1CCN(C(=O)c3cccs3)CC1)c([N+](=O)[O-])c(=O)n2CCN(C)C.O=C(c1ccc(Cl)cc1)N1CCN(c2c([N+](=O)[O-])c(=O)n(Cc3ccccc3)c3ccc(Cl)cc23)CC1.O=C(c1ccco1)N1CCN(c2c([N+](=O)[O-])c(=O)n(Cc3ccccc3)c3ccc(Cl)cc23)CC1. The first-order valence-electron chi connectivity index (χ1n) is 33.5. The second kappa shape index (κ2) is 32.2. The van der Waals surface area contributed by atoms with Crippen LogP contribution in [0.2, 0.25) is 15.1 Å². The third-order valence-electron chi connectivity index (χ3n) is 18.6. The minimum Gasteiger partial charge on any atom is -0.459 e. The number of carbonyl (C=O) groups excluding carboxylic acids is 3. The van der Waals surface area contributed by atoms with E-state index in [0.29, 0.717) is 156 Å². The van der Waals surface area contributed by atoms with Crippen molar-refractivity contribution >= 4 is 131 Å². The van der Waals surface area contributed by atoms with Crippen molar-refractivity contribution in [1.29, 1.82) is 0 Å². The van der Waals surface area contributed by atoms with E-state index in [-0.39, 0.29) is 47.9 Å². The maximum absolute atomic E-state index is 13.5. The fourth-order valence-corrected chi connectivity index (χ4v) is 14.6. The van der Waals surface area contributed by atoms with Crippen LogP contribution in [-0.4, -0.2) is 165 Å². The Morgan fingerprint density at radius 3 is 1.30 bits per heavy atom. The lowest BCUT2D eigenvalue weighted by molar-refractivity contribution is -0.385. The summed E-state index contributed by atoms with van der Waals surface area (Å²) < 4.78 is 9.55. The molecule has 3 fully saturated rings. The van der Waals surface area contributed by atoms with Crippen LogP contribution in [0.4, 0.5) is 34.1 Å². The van der Waals surface area contributed by atoms with Gasteiger partial charge in [-0.1, -0.05) is 113 Å². The van der Waals surface area contributed by atoms with Gasteiger partial charge >= 0.3 is 33.7 Å². The molecule has 14 rings (SSSR count). The molecule has 3 amide bonds. The number of nitrogens with zero attached hydrogens (tertiary/aromatic N) is 13. The van der Waals surface area contributed by atoms with Crippen molar-refractivity contribution in [2.75, 3.05) is 114 Å². The lowest BCUT2D eigenvalue weighted by Crippen LogP contribution is -2.49. The smallest absolute Gasteiger partial charge is 0.357 e. The number of carbonyl (C=O) groups is 3. The summed E-state index contributed by atoms with van der Waals surface area (Å²) >= 11 is 20.0. The van der Waals surface area contributed by atoms with E-state index in [1.165, 1.54) is 31.3 Å². The maximum atomic E-state index is 13.5. The molecule has 0 unspecified atom stereocenters. The van der Waals surface area contributed by atoms with Gasteiger partial charge in [0.05, 0.1) is 55.5 Å². The molecule has 105 heavy (non-hydrogen) atoms. The quantitative estimate of drug-likeness (QED) is 0.0642. The number of aryl methyl sites for hydroxylation is 1. The van der Waals surface area contributed by atoms with E-state index >= 15 is 0 Å². The molecule has 0 spiro atoms. The van der Waals surface area contributed by atoms with Crippen molar-refractivity contribution in [2.45, 2.75) is 26.6 Å². The van der Waals surface area contributed by atoms with Crippen LogP contribution in [-0.2, 0) is 19.6 Å². The van der Waals surface area contributed by atoms with Gasteiger partial charge in [-0.2, -0.15) is 0 Å². The number of fused-ring (bicyclic) bond motifs is 3. The van der Waals surface area contributed by atoms with E-state index in [9.17, 15) is 59.1 Å². The largest absolute Gasteiger partial charge is 0.459 e. The van der Waals surface area contributed by atoms with E-state index in [4.69, 9.17) is 39.2 Å². The van der Waals surface area contributed by atoms with Crippen molar-refractivity contribution in [3.05, 3.63) is 285 Å². The molecule has 0 aliphatic carbocycles. The van der Waals surface area contributed by atoms with Crippen molar-refractivity contribution < 1.29 is 33.6 Å². The number of anilines is 3. The van der Waals surface area contributed by atoms with Crippen LogP contribution in [0.5, 0.6) is 0 Å². The Kier molecular flexibility index (Phi) is 22.5. The second-order valence-corrected chi connectivity index (χ2v) is 27.8. The molecule has 6 aromatic carbocycles. The molecule has 30 heteroatoms. The van der Waals surface area contributed by atoms with E-state index in [2.05, 4.69) is 0 Å². The number of aromatic nitrogens is 3. The molecule has 8 heterocycles. The molecule has 0 saturated carbocycles. The molecule has 11 aromatic rings. The van der Waals surface area contributed by atoms with Crippen LogP contribution in [0.25, 0.3) is 32.7 Å². The highest BCUT2D eigenvalue weighted by atomic mass is 35.5. The average Bonchev–Trinajstić information content (AvgIpc) is 0.838. The van der Waals surface area contributed by atoms with Gasteiger partial charge in [0.25, 0.3) is 17.7 Å². The molecule has 0 bridgehead atoms. The Hall–Kier alpha value is -11.2. The van der Waals surface area contributed by atoms with Gasteiger partial charge in [-0.05, 0) is 129 Å². The Morgan fingerprint density at radius 2 is 0.876 bits per heavy atom. The molecule has 26 nitrogen and oxygen atoms in total. The van der Waals surface area contributed by atoms with E-state index in [0.717, 1.165) is 16.7 Å². The fourth-order valence-electron chi connectivity index (χ4n) is 13.4. The molecule has 0 atom stereocenters. The lowest BCUT2D eigenvalue weighted by atomic mass is 10.1. The van der Waals surface area contributed by atoms with Gasteiger partial charge < -0.3 is 43.3 Å². The molecule has 540 valence electrons. The first kappa shape index (κ1) is 73.5. The van der Waals surface area contributed by atoms with Crippen LogP contribution in [0.15, 0.2) is 194 Å². The summed E-state index contributed by atoms with van der Waals surface area (Å²) in [5.74, 6) is -0.170. The first-order chi connectivity index (χ1) is 50.5. The highest BCUT2D eigenvalue weighted by molar-refractivity contribution is 7.12. The minimum atomic E-state index is -0.683. The number of amides is 3. The van der Waals surface area contributed by atoms with Gasteiger partial charge in [-0.3, -0.25) is 68.2 Å². The molecule has 0 N–H and O–H groups in total. The zero-order valence-corrected chi connectivity index (χ0v) is 60.3. The number of piperazine rings is 3. The first-order valence-corrected chi connectivity index (χ1v) is 35.6. The highest BCUT2D eigenvalue weighted by Crippen LogP contribution is 2.40. The third kappa shape index (κ3) is 16.0. The average molecular weight is 1500 g/mol. The number of pyridine rings is 3. The number of hydrogen-bond acceptors (Lipinski definition) is 18. The van der Waals surface area contributed by atoms with Crippen molar-refractivity contribution in [1.82, 2.24) is 33.3 Å². The molecule has 3 aliphatic heterocycles. The number of halogens is 3. The summed E-state index contributed by atoms with van der Waals surface area (Å²) in [4.78, 5) is 127. The Balaban J connectivity index is 0.000000148. The topological polar surface area (TPSA) is 282 Å². The molecule has 3 aliphatic rings. The Bertz CT molecular complexity index is 5290. The summed E-state index contributed by atoms with van der Waals surface area (Å²) in [6.07, 6.45) is 1.44. The van der Waals surface area contributed by atoms with Crippen LogP contribution < -0.4 is 31.4 Å².